The fourth-order valence-electron chi connectivity index (χ4n) is 2.61. The summed E-state index contributed by atoms with van der Waals surface area (Å²) >= 11 is 12.1. The molecule has 0 amide bonds. The Morgan fingerprint density at radius 1 is 1.09 bits per heavy atom. The topological polar surface area (TPSA) is 39.8 Å². The lowest BCUT2D eigenvalue weighted by molar-refractivity contribution is 0.542. The first-order chi connectivity index (χ1) is 11.0. The Kier molecular flexibility index (Phi) is 6.72. The number of hydrogen-bond acceptors (Lipinski definition) is 2. The molecule has 1 aromatic heterocycles. The predicted molar refractivity (Wildman–Crippen MR) is 96.0 cm³/mol. The number of rotatable bonds is 8. The Balaban J connectivity index is 2.09. The highest BCUT2D eigenvalue weighted by Gasteiger charge is 2.13. The number of nitrogens with zero attached hydrogens (tertiary/aromatic N) is 3. The first-order valence-electron chi connectivity index (χ1n) is 8.16. The highest BCUT2D eigenvalue weighted by Crippen LogP contribution is 2.23. The Hall–Kier alpha value is -1.26. The zero-order valence-electron chi connectivity index (χ0n) is 13.7. The molecule has 2 rings (SSSR count). The minimum Gasteiger partial charge on any atom is -0.279 e. The van der Waals surface area contributed by atoms with Crippen LogP contribution in [-0.2, 0) is 6.54 Å². The second kappa shape index (κ2) is 8.55. The van der Waals surface area contributed by atoms with Gasteiger partial charge in [-0.1, -0.05) is 62.2 Å². The lowest BCUT2D eigenvalue weighted by atomic mass is 10.1. The van der Waals surface area contributed by atoms with E-state index in [0.29, 0.717) is 28.1 Å². The SMILES string of the molecule is CCCCCCCCn1c(C)nn(-c2ccc(Cl)cc2Cl)c1=O. The second-order valence-electron chi connectivity index (χ2n) is 5.76. The molecule has 0 fully saturated rings. The fraction of sp³-hybridized carbons (Fsp3) is 0.529. The third-order valence-electron chi connectivity index (χ3n) is 3.92. The maximum absolute atomic E-state index is 12.6. The average molecular weight is 356 g/mol. The first kappa shape index (κ1) is 18.1. The van der Waals surface area contributed by atoms with E-state index in [4.69, 9.17) is 23.2 Å². The molecule has 0 saturated carbocycles. The number of aromatic nitrogens is 3. The normalized spacial score (nSPS) is 11.1. The van der Waals surface area contributed by atoms with Gasteiger partial charge in [-0.05, 0) is 31.5 Å². The van der Waals surface area contributed by atoms with Gasteiger partial charge in [-0.15, -0.1) is 0 Å². The summed E-state index contributed by atoms with van der Waals surface area (Å²) in [5, 5.41) is 5.30. The minimum atomic E-state index is -0.153. The van der Waals surface area contributed by atoms with E-state index < -0.39 is 0 Å². The number of aryl methyl sites for hydroxylation is 1. The smallest absolute Gasteiger partial charge is 0.279 e. The van der Waals surface area contributed by atoms with Crippen LogP contribution < -0.4 is 5.69 Å². The Bertz CT molecular complexity index is 706. The number of benzene rings is 1. The molecule has 0 N–H and O–H groups in total. The molecule has 0 aliphatic heterocycles. The van der Waals surface area contributed by atoms with Crippen molar-refractivity contribution in [3.05, 3.63) is 44.6 Å². The fourth-order valence-corrected chi connectivity index (χ4v) is 3.10. The summed E-state index contributed by atoms with van der Waals surface area (Å²) < 4.78 is 3.07. The van der Waals surface area contributed by atoms with Crippen molar-refractivity contribution in [1.82, 2.24) is 14.3 Å². The van der Waals surface area contributed by atoms with Crippen molar-refractivity contribution >= 4 is 23.2 Å². The van der Waals surface area contributed by atoms with Crippen LogP contribution in [0.15, 0.2) is 23.0 Å². The van der Waals surface area contributed by atoms with E-state index in [1.54, 1.807) is 22.8 Å². The third kappa shape index (κ3) is 4.61. The summed E-state index contributed by atoms with van der Waals surface area (Å²) in [6, 6.07) is 5.04. The van der Waals surface area contributed by atoms with E-state index in [1.165, 1.54) is 30.4 Å². The van der Waals surface area contributed by atoms with Crippen LogP contribution in [0.5, 0.6) is 0 Å². The molecule has 0 saturated heterocycles. The van der Waals surface area contributed by atoms with Crippen molar-refractivity contribution in [1.29, 1.82) is 0 Å². The van der Waals surface area contributed by atoms with Crippen molar-refractivity contribution in [2.24, 2.45) is 0 Å². The molecule has 2 aromatic rings. The van der Waals surface area contributed by atoms with Crippen molar-refractivity contribution in [2.45, 2.75) is 58.9 Å². The van der Waals surface area contributed by atoms with Gasteiger partial charge in [0.15, 0.2) is 0 Å². The van der Waals surface area contributed by atoms with Gasteiger partial charge in [-0.25, -0.2) is 4.79 Å². The molecular formula is C17H23Cl2N3O. The number of unbranched alkanes of at least 4 members (excludes halogenated alkanes) is 5. The molecule has 1 aromatic carbocycles. The van der Waals surface area contributed by atoms with Crippen molar-refractivity contribution in [2.75, 3.05) is 0 Å². The zero-order valence-corrected chi connectivity index (χ0v) is 15.2. The van der Waals surface area contributed by atoms with E-state index in [0.717, 1.165) is 12.8 Å². The molecule has 0 spiro atoms. The molecule has 23 heavy (non-hydrogen) atoms. The first-order valence-corrected chi connectivity index (χ1v) is 8.92. The molecule has 6 heteroatoms. The monoisotopic (exact) mass is 355 g/mol. The molecule has 1 heterocycles. The Labute approximate surface area is 147 Å². The standard InChI is InChI=1S/C17H23Cl2N3O/c1-3-4-5-6-7-8-11-21-13(2)20-22(17(21)23)16-10-9-14(18)12-15(16)19/h9-10,12H,3-8,11H2,1-2H3. The van der Waals surface area contributed by atoms with Crippen molar-refractivity contribution in [3.63, 3.8) is 0 Å². The van der Waals surface area contributed by atoms with Gasteiger partial charge in [-0.3, -0.25) is 4.57 Å². The van der Waals surface area contributed by atoms with Gasteiger partial charge in [0.25, 0.3) is 0 Å². The van der Waals surface area contributed by atoms with E-state index in [-0.39, 0.29) is 5.69 Å². The quantitative estimate of drug-likeness (QED) is 0.624. The summed E-state index contributed by atoms with van der Waals surface area (Å²) in [6.07, 6.45) is 7.14. The Morgan fingerprint density at radius 2 is 1.78 bits per heavy atom. The summed E-state index contributed by atoms with van der Waals surface area (Å²) in [6.45, 7) is 4.75. The van der Waals surface area contributed by atoms with Gasteiger partial charge in [0.2, 0.25) is 0 Å². The van der Waals surface area contributed by atoms with E-state index in [2.05, 4.69) is 12.0 Å². The van der Waals surface area contributed by atoms with Crippen LogP contribution in [0.1, 0.15) is 51.3 Å². The Morgan fingerprint density at radius 3 is 2.48 bits per heavy atom. The second-order valence-corrected chi connectivity index (χ2v) is 6.60. The van der Waals surface area contributed by atoms with E-state index in [1.807, 2.05) is 6.92 Å². The van der Waals surface area contributed by atoms with Crippen LogP contribution in [0, 0.1) is 6.92 Å². The van der Waals surface area contributed by atoms with Crippen molar-refractivity contribution < 1.29 is 0 Å². The van der Waals surface area contributed by atoms with Gasteiger partial charge in [0.05, 0.1) is 10.7 Å². The number of halogens is 2. The summed E-state index contributed by atoms with van der Waals surface area (Å²) in [5.41, 5.74) is 0.408. The molecular weight excluding hydrogens is 333 g/mol. The van der Waals surface area contributed by atoms with Crippen LogP contribution in [-0.4, -0.2) is 14.3 Å². The van der Waals surface area contributed by atoms with Crippen LogP contribution >= 0.6 is 23.2 Å². The largest absolute Gasteiger partial charge is 0.350 e. The maximum Gasteiger partial charge on any atom is 0.350 e. The number of hydrogen-bond donors (Lipinski definition) is 0. The highest BCUT2D eigenvalue weighted by molar-refractivity contribution is 6.35. The van der Waals surface area contributed by atoms with Crippen LogP contribution in [0.25, 0.3) is 5.69 Å². The summed E-state index contributed by atoms with van der Waals surface area (Å²) in [5.74, 6) is 0.703. The summed E-state index contributed by atoms with van der Waals surface area (Å²) in [4.78, 5) is 12.6. The zero-order chi connectivity index (χ0) is 16.8. The molecule has 0 bridgehead atoms. The molecule has 4 nitrogen and oxygen atoms in total. The van der Waals surface area contributed by atoms with Crippen LogP contribution in [0.2, 0.25) is 10.0 Å². The van der Waals surface area contributed by atoms with Crippen LogP contribution in [0.4, 0.5) is 0 Å². The molecule has 0 unspecified atom stereocenters. The van der Waals surface area contributed by atoms with E-state index in [9.17, 15) is 4.79 Å². The van der Waals surface area contributed by atoms with Crippen LogP contribution in [0.3, 0.4) is 0 Å². The van der Waals surface area contributed by atoms with Gasteiger partial charge in [0.1, 0.15) is 5.82 Å². The van der Waals surface area contributed by atoms with Gasteiger partial charge in [0, 0.05) is 11.6 Å². The minimum absolute atomic E-state index is 0.153. The maximum atomic E-state index is 12.6. The molecule has 0 atom stereocenters. The molecule has 126 valence electrons. The highest BCUT2D eigenvalue weighted by atomic mass is 35.5. The predicted octanol–water partition coefficient (Wildman–Crippen LogP) is 5.01. The van der Waals surface area contributed by atoms with Crippen molar-refractivity contribution in [3.8, 4) is 5.69 Å². The third-order valence-corrected chi connectivity index (χ3v) is 4.46. The lowest BCUT2D eigenvalue weighted by Gasteiger charge is -2.04. The average Bonchev–Trinajstić information content (AvgIpc) is 2.78. The lowest BCUT2D eigenvalue weighted by Crippen LogP contribution is -2.24. The van der Waals surface area contributed by atoms with Gasteiger partial charge < -0.3 is 0 Å². The molecule has 0 radical (unpaired) electrons. The van der Waals surface area contributed by atoms with Gasteiger partial charge in [-0.2, -0.15) is 9.78 Å². The van der Waals surface area contributed by atoms with Gasteiger partial charge >= 0.3 is 5.69 Å². The molecule has 0 aliphatic carbocycles. The van der Waals surface area contributed by atoms with E-state index >= 15 is 0 Å². The molecule has 0 aliphatic rings. The summed E-state index contributed by atoms with van der Waals surface area (Å²) in [7, 11) is 0.